The Kier molecular flexibility index (Phi) is 1.42. The van der Waals surface area contributed by atoms with Gasteiger partial charge >= 0.3 is 0 Å². The lowest BCUT2D eigenvalue weighted by Gasteiger charge is -2.06. The fraction of sp³-hybridized carbons (Fsp3) is 0.800. The van der Waals surface area contributed by atoms with Crippen molar-refractivity contribution in [2.75, 3.05) is 7.05 Å². The second-order valence-electron chi connectivity index (χ2n) is 2.26. The molecule has 0 saturated carbocycles. The van der Waals surface area contributed by atoms with E-state index in [4.69, 9.17) is 5.11 Å². The maximum absolute atomic E-state index is 10.7. The van der Waals surface area contributed by atoms with Crippen LogP contribution in [0.2, 0.25) is 0 Å². The summed E-state index contributed by atoms with van der Waals surface area (Å²) in [5.74, 6) is -0.262. The van der Waals surface area contributed by atoms with Crippen molar-refractivity contribution < 1.29 is 9.90 Å². The Labute approximate surface area is 53.4 Å². The minimum Gasteiger partial charge on any atom is -0.381 e. The van der Waals surface area contributed by atoms with Crippen molar-refractivity contribution in [3.05, 3.63) is 0 Å². The van der Waals surface area contributed by atoms with E-state index in [9.17, 15) is 4.79 Å². The molecule has 9 heavy (non-hydrogen) atoms. The molecule has 0 unspecified atom stereocenters. The van der Waals surface area contributed by atoms with Crippen LogP contribution in [0.1, 0.15) is 6.92 Å². The number of aliphatic hydroxyl groups excluding tert-OH is 1. The van der Waals surface area contributed by atoms with Crippen molar-refractivity contribution in [2.24, 2.45) is 0 Å². The number of carbonyl (C=O) groups is 1. The summed E-state index contributed by atoms with van der Waals surface area (Å²) in [4.78, 5) is 10.7. The van der Waals surface area contributed by atoms with E-state index >= 15 is 0 Å². The molecule has 2 atom stereocenters. The highest BCUT2D eigenvalue weighted by molar-refractivity contribution is 5.82. The SMILES string of the molecule is C[C@@H]1NN(C)C(=O)[C@@H]1O. The Morgan fingerprint density at radius 2 is 2.33 bits per heavy atom. The molecule has 0 aliphatic carbocycles. The van der Waals surface area contributed by atoms with Crippen molar-refractivity contribution in [3.8, 4) is 0 Å². The van der Waals surface area contributed by atoms with E-state index in [1.165, 1.54) is 5.01 Å². The van der Waals surface area contributed by atoms with Gasteiger partial charge in [0.2, 0.25) is 0 Å². The van der Waals surface area contributed by atoms with E-state index in [-0.39, 0.29) is 11.9 Å². The van der Waals surface area contributed by atoms with Crippen LogP contribution in [0.5, 0.6) is 0 Å². The molecule has 1 rings (SSSR count). The number of hydrogen-bond acceptors (Lipinski definition) is 3. The van der Waals surface area contributed by atoms with Crippen LogP contribution in [0, 0.1) is 0 Å². The first-order valence-corrected chi connectivity index (χ1v) is 2.84. The standard InChI is InChI=1S/C5H10N2O2/c1-3-4(8)5(9)7(2)6-3/h3-4,6,8H,1-2H3/t3-,4+/m0/s1. The van der Waals surface area contributed by atoms with E-state index < -0.39 is 6.10 Å². The van der Waals surface area contributed by atoms with Gasteiger partial charge in [0.25, 0.3) is 5.91 Å². The highest BCUT2D eigenvalue weighted by atomic mass is 16.3. The largest absolute Gasteiger partial charge is 0.381 e. The maximum atomic E-state index is 10.7. The van der Waals surface area contributed by atoms with Gasteiger partial charge in [-0.1, -0.05) is 0 Å². The first-order valence-electron chi connectivity index (χ1n) is 2.84. The Morgan fingerprint density at radius 3 is 2.44 bits per heavy atom. The van der Waals surface area contributed by atoms with Crippen molar-refractivity contribution in [3.63, 3.8) is 0 Å². The minimum absolute atomic E-state index is 0.150. The van der Waals surface area contributed by atoms with Gasteiger partial charge in [0, 0.05) is 7.05 Å². The van der Waals surface area contributed by atoms with Crippen LogP contribution in [-0.2, 0) is 4.79 Å². The van der Waals surface area contributed by atoms with Crippen molar-refractivity contribution in [1.82, 2.24) is 10.4 Å². The van der Waals surface area contributed by atoms with Crippen LogP contribution in [0.15, 0.2) is 0 Å². The highest BCUT2D eigenvalue weighted by Gasteiger charge is 2.33. The summed E-state index contributed by atoms with van der Waals surface area (Å²) in [6.07, 6.45) is -0.866. The molecule has 1 heterocycles. The van der Waals surface area contributed by atoms with E-state index in [1.807, 2.05) is 0 Å². The monoisotopic (exact) mass is 130 g/mol. The Balaban J connectivity index is 2.65. The number of amides is 1. The normalized spacial score (nSPS) is 35.9. The summed E-state index contributed by atoms with van der Waals surface area (Å²) in [6.45, 7) is 1.76. The summed E-state index contributed by atoms with van der Waals surface area (Å²) in [7, 11) is 1.59. The third-order valence-corrected chi connectivity index (χ3v) is 1.45. The number of carbonyl (C=O) groups excluding carboxylic acids is 1. The van der Waals surface area contributed by atoms with Gasteiger partial charge in [0.1, 0.15) is 0 Å². The molecule has 0 aromatic carbocycles. The van der Waals surface area contributed by atoms with Crippen molar-refractivity contribution in [2.45, 2.75) is 19.1 Å². The number of nitrogens with one attached hydrogen (secondary N) is 1. The molecule has 0 aromatic heterocycles. The van der Waals surface area contributed by atoms with Crippen molar-refractivity contribution >= 4 is 5.91 Å². The predicted octanol–water partition coefficient (Wildman–Crippen LogP) is -1.29. The molecule has 0 aromatic rings. The summed E-state index contributed by atoms with van der Waals surface area (Å²) < 4.78 is 0. The van der Waals surface area contributed by atoms with E-state index in [0.29, 0.717) is 0 Å². The zero-order valence-electron chi connectivity index (χ0n) is 5.46. The molecule has 1 saturated heterocycles. The van der Waals surface area contributed by atoms with Crippen molar-refractivity contribution in [1.29, 1.82) is 0 Å². The number of rotatable bonds is 0. The van der Waals surface area contributed by atoms with Crippen LogP contribution in [0.25, 0.3) is 0 Å². The summed E-state index contributed by atoms with van der Waals surface area (Å²) in [5.41, 5.74) is 2.75. The smallest absolute Gasteiger partial charge is 0.266 e. The number of hydrazine groups is 1. The van der Waals surface area contributed by atoms with Gasteiger partial charge in [-0.2, -0.15) is 0 Å². The van der Waals surface area contributed by atoms with Gasteiger partial charge in [0.15, 0.2) is 6.10 Å². The van der Waals surface area contributed by atoms with Gasteiger partial charge in [-0.15, -0.1) is 0 Å². The van der Waals surface area contributed by atoms with Gasteiger partial charge < -0.3 is 5.11 Å². The van der Waals surface area contributed by atoms with E-state index in [0.717, 1.165) is 0 Å². The van der Waals surface area contributed by atoms with Gasteiger partial charge in [0.05, 0.1) is 6.04 Å². The molecule has 1 fully saturated rings. The van der Waals surface area contributed by atoms with Gasteiger partial charge in [-0.25, -0.2) is 5.43 Å². The number of likely N-dealkylation sites (N-methyl/N-ethyl adjacent to an activating group) is 1. The maximum Gasteiger partial charge on any atom is 0.266 e. The van der Waals surface area contributed by atoms with E-state index in [2.05, 4.69) is 5.43 Å². The summed E-state index contributed by atoms with van der Waals surface area (Å²) in [6, 6.07) is -0.150. The van der Waals surface area contributed by atoms with E-state index in [1.54, 1.807) is 14.0 Å². The number of hydrogen-bond donors (Lipinski definition) is 2. The molecule has 4 nitrogen and oxygen atoms in total. The number of aliphatic hydroxyl groups is 1. The molecular weight excluding hydrogens is 120 g/mol. The van der Waals surface area contributed by atoms with Crippen LogP contribution < -0.4 is 5.43 Å². The summed E-state index contributed by atoms with van der Waals surface area (Å²) >= 11 is 0. The fourth-order valence-corrected chi connectivity index (χ4v) is 0.852. The first kappa shape index (κ1) is 6.51. The third-order valence-electron chi connectivity index (χ3n) is 1.45. The van der Waals surface area contributed by atoms with Gasteiger partial charge in [-0.3, -0.25) is 9.80 Å². The molecule has 0 radical (unpaired) electrons. The molecule has 52 valence electrons. The molecule has 1 aliphatic rings. The fourth-order valence-electron chi connectivity index (χ4n) is 0.852. The zero-order chi connectivity index (χ0) is 7.02. The second kappa shape index (κ2) is 1.97. The van der Waals surface area contributed by atoms with Crippen LogP contribution in [-0.4, -0.2) is 35.2 Å². The average molecular weight is 130 g/mol. The average Bonchev–Trinajstić information content (AvgIpc) is 1.98. The van der Waals surface area contributed by atoms with Gasteiger partial charge in [-0.05, 0) is 6.92 Å². The molecular formula is C5H10N2O2. The third kappa shape index (κ3) is 0.906. The number of nitrogens with zero attached hydrogens (tertiary/aromatic N) is 1. The first-order chi connectivity index (χ1) is 4.13. The minimum atomic E-state index is -0.866. The molecule has 2 N–H and O–H groups in total. The molecule has 0 bridgehead atoms. The van der Waals surface area contributed by atoms with Crippen LogP contribution in [0.3, 0.4) is 0 Å². The summed E-state index contributed by atoms with van der Waals surface area (Å²) in [5, 5.41) is 10.3. The quantitative estimate of drug-likeness (QED) is 0.429. The predicted molar refractivity (Wildman–Crippen MR) is 31.4 cm³/mol. The molecule has 4 heteroatoms. The zero-order valence-corrected chi connectivity index (χ0v) is 5.46. The second-order valence-corrected chi connectivity index (χ2v) is 2.26. The Hall–Kier alpha value is -0.610. The molecule has 0 spiro atoms. The highest BCUT2D eigenvalue weighted by Crippen LogP contribution is 2.04. The van der Waals surface area contributed by atoms with Crippen LogP contribution in [0.4, 0.5) is 0 Å². The Bertz CT molecular complexity index is 137. The lowest BCUT2D eigenvalue weighted by molar-refractivity contribution is -0.134. The molecule has 1 aliphatic heterocycles. The molecule has 1 amide bonds. The topological polar surface area (TPSA) is 52.6 Å². The lowest BCUT2D eigenvalue weighted by Crippen LogP contribution is -2.32. The van der Waals surface area contributed by atoms with Crippen LogP contribution >= 0.6 is 0 Å². The Morgan fingerprint density at radius 1 is 1.78 bits per heavy atom. The lowest BCUT2D eigenvalue weighted by atomic mass is 10.2.